The van der Waals surface area contributed by atoms with Crippen molar-refractivity contribution in [3.8, 4) is 0 Å². The zero-order valence-corrected chi connectivity index (χ0v) is 12.1. The van der Waals surface area contributed by atoms with E-state index < -0.39 is 0 Å². The fourth-order valence-electron chi connectivity index (χ4n) is 5.02. The van der Waals surface area contributed by atoms with Crippen molar-refractivity contribution in [3.05, 3.63) is 12.2 Å². The van der Waals surface area contributed by atoms with Gasteiger partial charge in [0.15, 0.2) is 0 Å². The molecule has 0 aromatic carbocycles. The third-order valence-electron chi connectivity index (χ3n) is 6.16. The van der Waals surface area contributed by atoms with Gasteiger partial charge in [-0.25, -0.2) is 0 Å². The van der Waals surface area contributed by atoms with Crippen LogP contribution in [0, 0.1) is 17.8 Å². The Morgan fingerprint density at radius 3 is 2.32 bits per heavy atom. The highest BCUT2D eigenvalue weighted by molar-refractivity contribution is 5.10. The number of nitrogens with zero attached hydrogens (tertiary/aromatic N) is 2. The molecule has 0 N–H and O–H groups in total. The smallest absolute Gasteiger partial charge is 0.0113 e. The number of hydrogen-bond acceptors (Lipinski definition) is 2. The maximum atomic E-state index is 2.78. The summed E-state index contributed by atoms with van der Waals surface area (Å²) in [6.07, 6.45) is 13.8. The molecule has 4 aliphatic rings. The number of fused-ring (bicyclic) bond motifs is 2. The molecule has 1 heterocycles. The Hall–Kier alpha value is -0.340. The van der Waals surface area contributed by atoms with Gasteiger partial charge in [-0.2, -0.15) is 0 Å². The van der Waals surface area contributed by atoms with E-state index in [1.165, 1.54) is 71.2 Å². The van der Waals surface area contributed by atoms with Crippen LogP contribution in [0.1, 0.15) is 38.5 Å². The van der Waals surface area contributed by atoms with Gasteiger partial charge in [0.25, 0.3) is 0 Å². The summed E-state index contributed by atoms with van der Waals surface area (Å²) in [4.78, 5) is 5.54. The Morgan fingerprint density at radius 1 is 0.895 bits per heavy atom. The van der Waals surface area contributed by atoms with Gasteiger partial charge in [0.05, 0.1) is 0 Å². The number of rotatable bonds is 3. The first-order valence-corrected chi connectivity index (χ1v) is 8.53. The van der Waals surface area contributed by atoms with Crippen molar-refractivity contribution in [1.82, 2.24) is 9.80 Å². The molecule has 0 unspecified atom stereocenters. The molecule has 2 bridgehead atoms. The lowest BCUT2D eigenvalue weighted by Gasteiger charge is -2.39. The Bertz CT molecular complexity index is 337. The molecule has 106 valence electrons. The van der Waals surface area contributed by atoms with Crippen LogP contribution in [0.2, 0.25) is 0 Å². The first kappa shape index (κ1) is 12.4. The van der Waals surface area contributed by atoms with Crippen LogP contribution < -0.4 is 0 Å². The van der Waals surface area contributed by atoms with E-state index in [4.69, 9.17) is 0 Å². The predicted molar refractivity (Wildman–Crippen MR) is 79.1 cm³/mol. The highest BCUT2D eigenvalue weighted by atomic mass is 15.3. The molecular weight excluding hydrogens is 232 g/mol. The van der Waals surface area contributed by atoms with Crippen LogP contribution in [0.25, 0.3) is 0 Å². The molecule has 4 rings (SSSR count). The van der Waals surface area contributed by atoms with Crippen molar-refractivity contribution in [2.45, 2.75) is 44.6 Å². The second-order valence-corrected chi connectivity index (χ2v) is 7.32. The third-order valence-corrected chi connectivity index (χ3v) is 6.16. The van der Waals surface area contributed by atoms with Crippen LogP contribution >= 0.6 is 0 Å². The summed E-state index contributed by atoms with van der Waals surface area (Å²) in [6, 6.07) is 0.938. The Labute approximate surface area is 117 Å². The van der Waals surface area contributed by atoms with Crippen molar-refractivity contribution in [2.24, 2.45) is 17.8 Å². The van der Waals surface area contributed by atoms with Crippen LogP contribution in [-0.4, -0.2) is 48.6 Å². The van der Waals surface area contributed by atoms with E-state index in [1.54, 1.807) is 0 Å². The van der Waals surface area contributed by atoms with Crippen molar-refractivity contribution < 1.29 is 0 Å². The fourth-order valence-corrected chi connectivity index (χ4v) is 5.02. The van der Waals surface area contributed by atoms with Gasteiger partial charge in [0.2, 0.25) is 0 Å². The van der Waals surface area contributed by atoms with Gasteiger partial charge in [0.1, 0.15) is 0 Å². The molecule has 1 aliphatic heterocycles. The maximum Gasteiger partial charge on any atom is 0.0113 e. The molecule has 0 aromatic rings. The molecule has 2 saturated carbocycles. The van der Waals surface area contributed by atoms with Crippen molar-refractivity contribution in [3.63, 3.8) is 0 Å². The average Bonchev–Trinajstić information content (AvgIpc) is 3.17. The maximum absolute atomic E-state index is 2.78. The minimum atomic E-state index is 0.929. The van der Waals surface area contributed by atoms with Crippen LogP contribution in [0.4, 0.5) is 0 Å². The fraction of sp³-hybridized carbons (Fsp3) is 0.882. The molecule has 3 fully saturated rings. The highest BCUT2D eigenvalue weighted by Crippen LogP contribution is 2.43. The van der Waals surface area contributed by atoms with Crippen molar-refractivity contribution >= 4 is 0 Å². The Morgan fingerprint density at radius 2 is 1.68 bits per heavy atom. The van der Waals surface area contributed by atoms with Gasteiger partial charge < -0.3 is 4.90 Å². The van der Waals surface area contributed by atoms with Crippen LogP contribution in [0.5, 0.6) is 0 Å². The lowest BCUT2D eigenvalue weighted by molar-refractivity contribution is 0.0845. The Balaban J connectivity index is 1.25. The molecule has 1 saturated heterocycles. The van der Waals surface area contributed by atoms with E-state index in [0.29, 0.717) is 0 Å². The number of allylic oxidation sites excluding steroid dienone is 2. The monoisotopic (exact) mass is 260 g/mol. The van der Waals surface area contributed by atoms with Gasteiger partial charge in [-0.3, -0.25) is 4.90 Å². The van der Waals surface area contributed by atoms with Gasteiger partial charge in [-0.05, 0) is 43.4 Å². The number of piperazine rings is 1. The molecule has 19 heavy (non-hydrogen) atoms. The third kappa shape index (κ3) is 2.50. The van der Waals surface area contributed by atoms with E-state index in [1.807, 2.05) is 0 Å². The summed E-state index contributed by atoms with van der Waals surface area (Å²) in [5.41, 5.74) is 0. The molecule has 3 aliphatic carbocycles. The van der Waals surface area contributed by atoms with Crippen LogP contribution in [0.3, 0.4) is 0 Å². The molecule has 0 radical (unpaired) electrons. The zero-order valence-electron chi connectivity index (χ0n) is 12.1. The molecule has 3 atom stereocenters. The largest absolute Gasteiger partial charge is 0.300 e. The van der Waals surface area contributed by atoms with Crippen LogP contribution in [-0.2, 0) is 0 Å². The lowest BCUT2D eigenvalue weighted by atomic mass is 9.93. The summed E-state index contributed by atoms with van der Waals surface area (Å²) in [5.74, 6) is 2.85. The molecule has 0 amide bonds. The average molecular weight is 260 g/mol. The second kappa shape index (κ2) is 5.21. The first-order valence-electron chi connectivity index (χ1n) is 8.53. The summed E-state index contributed by atoms with van der Waals surface area (Å²) < 4.78 is 0. The summed E-state index contributed by atoms with van der Waals surface area (Å²) >= 11 is 0. The van der Waals surface area contributed by atoms with Crippen molar-refractivity contribution in [1.29, 1.82) is 0 Å². The number of hydrogen-bond donors (Lipinski definition) is 0. The summed E-state index contributed by atoms with van der Waals surface area (Å²) in [7, 11) is 0. The van der Waals surface area contributed by atoms with E-state index in [2.05, 4.69) is 22.0 Å². The molecule has 2 heteroatoms. The SMILES string of the molecule is C1=C[C@@H]2C[C@H]1C[C@H]2CN1CCN(C2CCCC2)CC1. The normalized spacial score (nSPS) is 40.5. The minimum Gasteiger partial charge on any atom is -0.300 e. The highest BCUT2D eigenvalue weighted by Gasteiger charge is 2.37. The minimum absolute atomic E-state index is 0.929. The van der Waals surface area contributed by atoms with E-state index in [9.17, 15) is 0 Å². The van der Waals surface area contributed by atoms with Gasteiger partial charge >= 0.3 is 0 Å². The van der Waals surface area contributed by atoms with E-state index in [0.717, 1.165) is 23.8 Å². The second-order valence-electron chi connectivity index (χ2n) is 7.32. The zero-order chi connectivity index (χ0) is 12.7. The molecular formula is C17H28N2. The topological polar surface area (TPSA) is 6.48 Å². The van der Waals surface area contributed by atoms with Gasteiger partial charge in [-0.15, -0.1) is 0 Å². The van der Waals surface area contributed by atoms with E-state index >= 15 is 0 Å². The predicted octanol–water partition coefficient (Wildman–Crippen LogP) is 2.76. The summed E-state index contributed by atoms with van der Waals surface area (Å²) in [5, 5.41) is 0. The molecule has 2 nitrogen and oxygen atoms in total. The van der Waals surface area contributed by atoms with Gasteiger partial charge in [0, 0.05) is 38.8 Å². The van der Waals surface area contributed by atoms with Crippen molar-refractivity contribution in [2.75, 3.05) is 32.7 Å². The first-order chi connectivity index (χ1) is 9.38. The summed E-state index contributed by atoms with van der Waals surface area (Å²) in [6.45, 7) is 6.70. The van der Waals surface area contributed by atoms with Gasteiger partial charge in [-0.1, -0.05) is 25.0 Å². The van der Waals surface area contributed by atoms with Crippen LogP contribution in [0.15, 0.2) is 12.2 Å². The standard InChI is InChI=1S/C17H28N2/c1-2-4-17(3-1)19-9-7-18(8-10-19)13-16-12-14-5-6-15(16)11-14/h5-6,14-17H,1-4,7-13H2/t14-,15+,16-/m0/s1. The lowest BCUT2D eigenvalue weighted by Crippen LogP contribution is -2.50. The molecule has 0 spiro atoms. The molecule has 0 aromatic heterocycles. The van der Waals surface area contributed by atoms with E-state index in [-0.39, 0.29) is 0 Å². The quantitative estimate of drug-likeness (QED) is 0.720. The Kier molecular flexibility index (Phi) is 3.40.